The highest BCUT2D eigenvalue weighted by Gasteiger charge is 2.18. The van der Waals surface area contributed by atoms with E-state index in [9.17, 15) is 13.6 Å². The number of oxazole rings is 1. The highest BCUT2D eigenvalue weighted by Crippen LogP contribution is 2.24. The lowest BCUT2D eigenvalue weighted by Crippen LogP contribution is -2.14. The van der Waals surface area contributed by atoms with Crippen molar-refractivity contribution in [2.45, 2.75) is 6.92 Å². The first-order valence-corrected chi connectivity index (χ1v) is 5.64. The maximum absolute atomic E-state index is 13.5. The van der Waals surface area contributed by atoms with Crippen molar-refractivity contribution < 1.29 is 18.0 Å². The number of anilines is 1. The molecule has 1 aromatic heterocycles. The molecule has 1 heterocycles. The van der Waals surface area contributed by atoms with Crippen LogP contribution < -0.4 is 5.32 Å². The first-order valence-electron chi connectivity index (χ1n) is 4.85. The van der Waals surface area contributed by atoms with Crippen LogP contribution in [0.5, 0.6) is 0 Å². The Morgan fingerprint density at radius 3 is 2.50 bits per heavy atom. The topological polar surface area (TPSA) is 55.1 Å². The Morgan fingerprint density at radius 2 is 2.00 bits per heavy atom. The fraction of sp³-hybridized carbons (Fsp3) is 0.0909. The molecular formula is C11H7BrF2N2O2. The molecule has 0 aliphatic rings. The largest absolute Gasteiger partial charge is 0.438 e. The average Bonchev–Trinajstić information content (AvgIpc) is 2.69. The molecule has 0 aliphatic heterocycles. The fourth-order valence-corrected chi connectivity index (χ4v) is 1.75. The minimum atomic E-state index is -0.882. The summed E-state index contributed by atoms with van der Waals surface area (Å²) < 4.78 is 32.0. The van der Waals surface area contributed by atoms with Crippen LogP contribution in [-0.4, -0.2) is 10.9 Å². The van der Waals surface area contributed by atoms with Gasteiger partial charge in [-0.2, -0.15) is 0 Å². The highest BCUT2D eigenvalue weighted by atomic mass is 79.9. The van der Waals surface area contributed by atoms with Crippen molar-refractivity contribution in [1.29, 1.82) is 0 Å². The van der Waals surface area contributed by atoms with Crippen LogP contribution >= 0.6 is 15.9 Å². The molecular weight excluding hydrogens is 310 g/mol. The maximum atomic E-state index is 13.5. The van der Waals surface area contributed by atoms with Crippen molar-refractivity contribution in [3.63, 3.8) is 0 Å². The smallest absolute Gasteiger partial charge is 0.293 e. The molecule has 2 aromatic rings. The minimum absolute atomic E-state index is 0.0864. The summed E-state index contributed by atoms with van der Waals surface area (Å²) in [6.07, 6.45) is 1.08. The molecule has 0 fully saturated rings. The maximum Gasteiger partial charge on any atom is 0.293 e. The third kappa shape index (κ3) is 2.40. The second-order valence-electron chi connectivity index (χ2n) is 3.47. The zero-order chi connectivity index (χ0) is 13.3. The molecule has 0 atom stereocenters. The van der Waals surface area contributed by atoms with E-state index in [1.807, 2.05) is 0 Å². The summed E-state index contributed by atoms with van der Waals surface area (Å²) in [6.45, 7) is 1.55. The third-order valence-electron chi connectivity index (χ3n) is 2.20. The number of aryl methyl sites for hydroxylation is 1. The van der Waals surface area contributed by atoms with E-state index in [0.29, 0.717) is 5.69 Å². The molecule has 0 unspecified atom stereocenters. The highest BCUT2D eigenvalue weighted by molar-refractivity contribution is 9.10. The molecule has 0 saturated heterocycles. The van der Waals surface area contributed by atoms with Gasteiger partial charge in [0.05, 0.1) is 5.69 Å². The normalized spacial score (nSPS) is 10.4. The second-order valence-corrected chi connectivity index (χ2v) is 4.38. The zero-order valence-electron chi connectivity index (χ0n) is 9.13. The van der Waals surface area contributed by atoms with Gasteiger partial charge in [0.2, 0.25) is 5.76 Å². The van der Waals surface area contributed by atoms with Gasteiger partial charge in [0.15, 0.2) is 18.0 Å². The van der Waals surface area contributed by atoms with Crippen LogP contribution in [0.3, 0.4) is 0 Å². The number of hydrogen-bond acceptors (Lipinski definition) is 3. The van der Waals surface area contributed by atoms with Gasteiger partial charge in [0, 0.05) is 4.47 Å². The Balaban J connectivity index is 2.31. The molecule has 0 radical (unpaired) electrons. The molecule has 0 aliphatic carbocycles. The van der Waals surface area contributed by atoms with E-state index in [1.165, 1.54) is 0 Å². The summed E-state index contributed by atoms with van der Waals surface area (Å²) in [4.78, 5) is 15.4. The predicted molar refractivity (Wildman–Crippen MR) is 63.3 cm³/mol. The van der Waals surface area contributed by atoms with Crippen LogP contribution in [0.1, 0.15) is 16.2 Å². The summed E-state index contributed by atoms with van der Waals surface area (Å²) in [6, 6.07) is 2.10. The Hall–Kier alpha value is -1.76. The Labute approximate surface area is 109 Å². The van der Waals surface area contributed by atoms with Gasteiger partial charge in [-0.25, -0.2) is 13.8 Å². The number of hydrogen-bond donors (Lipinski definition) is 1. The summed E-state index contributed by atoms with van der Waals surface area (Å²) in [7, 11) is 0. The first-order chi connectivity index (χ1) is 8.49. The number of halogens is 3. The van der Waals surface area contributed by atoms with Crippen molar-refractivity contribution in [3.05, 3.63) is 46.1 Å². The van der Waals surface area contributed by atoms with E-state index in [0.717, 1.165) is 18.5 Å². The number of carbonyl (C=O) groups excluding carboxylic acids is 1. The lowest BCUT2D eigenvalue weighted by molar-refractivity contribution is 0.0995. The molecule has 7 heteroatoms. The molecule has 0 spiro atoms. The molecule has 0 bridgehead atoms. The Bertz CT molecular complexity index is 590. The van der Waals surface area contributed by atoms with Crippen LogP contribution in [-0.2, 0) is 0 Å². The van der Waals surface area contributed by atoms with Gasteiger partial charge in [-0.05, 0) is 19.1 Å². The summed E-state index contributed by atoms with van der Waals surface area (Å²) >= 11 is 2.94. The van der Waals surface area contributed by atoms with Crippen LogP contribution in [0.4, 0.5) is 14.5 Å². The second kappa shape index (κ2) is 4.85. The van der Waals surface area contributed by atoms with Crippen molar-refractivity contribution in [2.24, 2.45) is 0 Å². The summed E-state index contributed by atoms with van der Waals surface area (Å²) in [5.74, 6) is -2.61. The first kappa shape index (κ1) is 12.7. The summed E-state index contributed by atoms with van der Waals surface area (Å²) in [5.41, 5.74) is -0.190. The summed E-state index contributed by atoms with van der Waals surface area (Å²) in [5, 5.41) is 2.11. The number of nitrogens with one attached hydrogen (secondary N) is 1. The predicted octanol–water partition coefficient (Wildman–Crippen LogP) is 3.28. The van der Waals surface area contributed by atoms with Crippen LogP contribution in [0.15, 0.2) is 27.4 Å². The van der Waals surface area contributed by atoms with Gasteiger partial charge in [-0.3, -0.25) is 4.79 Å². The van der Waals surface area contributed by atoms with E-state index in [1.54, 1.807) is 6.92 Å². The molecule has 18 heavy (non-hydrogen) atoms. The molecule has 0 saturated carbocycles. The molecule has 94 valence electrons. The number of rotatable bonds is 2. The van der Waals surface area contributed by atoms with E-state index >= 15 is 0 Å². The van der Waals surface area contributed by atoms with Crippen molar-refractivity contribution >= 4 is 27.5 Å². The quantitative estimate of drug-likeness (QED) is 0.925. The van der Waals surface area contributed by atoms with E-state index in [4.69, 9.17) is 4.42 Å². The molecule has 1 amide bonds. The van der Waals surface area contributed by atoms with Gasteiger partial charge in [-0.15, -0.1) is 0 Å². The van der Waals surface area contributed by atoms with Gasteiger partial charge >= 0.3 is 0 Å². The minimum Gasteiger partial charge on any atom is -0.438 e. The van der Waals surface area contributed by atoms with Crippen molar-refractivity contribution in [1.82, 2.24) is 4.98 Å². The number of carbonyl (C=O) groups is 1. The van der Waals surface area contributed by atoms with E-state index in [-0.39, 0.29) is 10.2 Å². The lowest BCUT2D eigenvalue weighted by Gasteiger charge is -2.06. The van der Waals surface area contributed by atoms with Crippen LogP contribution in [0, 0.1) is 18.6 Å². The molecule has 2 rings (SSSR count). The van der Waals surface area contributed by atoms with E-state index in [2.05, 4.69) is 26.2 Å². The Kier molecular flexibility index (Phi) is 3.42. The zero-order valence-corrected chi connectivity index (χ0v) is 10.7. The Morgan fingerprint density at radius 1 is 1.39 bits per heavy atom. The standard InChI is InChI=1S/C11H7BrF2N2O2/c1-5-10(18-4-15-5)11(17)16-9-7(13)2-6(12)3-8(9)14/h2-4H,1H3,(H,16,17). The number of benzene rings is 1. The van der Waals surface area contributed by atoms with Crippen LogP contribution in [0.2, 0.25) is 0 Å². The lowest BCUT2D eigenvalue weighted by atomic mass is 10.2. The fourth-order valence-electron chi connectivity index (χ4n) is 1.35. The van der Waals surface area contributed by atoms with Gasteiger partial charge in [-0.1, -0.05) is 15.9 Å². The van der Waals surface area contributed by atoms with Gasteiger partial charge in [0.25, 0.3) is 5.91 Å². The molecule has 1 N–H and O–H groups in total. The number of amides is 1. The average molecular weight is 317 g/mol. The van der Waals surface area contributed by atoms with Gasteiger partial charge < -0.3 is 9.73 Å². The number of aromatic nitrogens is 1. The third-order valence-corrected chi connectivity index (χ3v) is 2.65. The number of nitrogens with zero attached hydrogens (tertiary/aromatic N) is 1. The molecule has 1 aromatic carbocycles. The van der Waals surface area contributed by atoms with Crippen molar-refractivity contribution in [3.8, 4) is 0 Å². The van der Waals surface area contributed by atoms with Crippen LogP contribution in [0.25, 0.3) is 0 Å². The van der Waals surface area contributed by atoms with Gasteiger partial charge in [0.1, 0.15) is 5.69 Å². The van der Waals surface area contributed by atoms with E-state index < -0.39 is 23.2 Å². The SMILES string of the molecule is Cc1ncoc1C(=O)Nc1c(F)cc(Br)cc1F. The monoisotopic (exact) mass is 316 g/mol. The van der Waals surface area contributed by atoms with Crippen molar-refractivity contribution in [2.75, 3.05) is 5.32 Å². The molecule has 4 nitrogen and oxygen atoms in total.